The summed E-state index contributed by atoms with van der Waals surface area (Å²) in [4.78, 5) is 46.0. The van der Waals surface area contributed by atoms with Crippen molar-refractivity contribution in [2.24, 2.45) is 5.73 Å². The Balaban J connectivity index is 2.50. The first-order valence-corrected chi connectivity index (χ1v) is 6.24. The smallest absolute Gasteiger partial charge is 0.407 e. The normalized spacial score (nSPS) is 18.7. The highest BCUT2D eigenvalue weighted by molar-refractivity contribution is 5.87. The molecule has 10 nitrogen and oxygen atoms in total. The van der Waals surface area contributed by atoms with Crippen LogP contribution in [-0.2, 0) is 14.3 Å². The number of hydrogen-bond acceptors (Lipinski definition) is 5. The summed E-state index contributed by atoms with van der Waals surface area (Å²) >= 11 is 0. The van der Waals surface area contributed by atoms with Crippen molar-refractivity contribution in [1.29, 1.82) is 0 Å². The molecule has 0 aromatic carbocycles. The number of likely N-dealkylation sites (tertiary alicyclic amines) is 1. The van der Waals surface area contributed by atoms with E-state index >= 15 is 0 Å². The maximum Gasteiger partial charge on any atom is 0.407 e. The molecule has 5 N–H and O–H groups in total. The summed E-state index contributed by atoms with van der Waals surface area (Å²) in [6.45, 7) is 0.577. The average molecular weight is 302 g/mol. The molecule has 0 radical (unpaired) electrons. The fourth-order valence-electron chi connectivity index (χ4n) is 1.93. The van der Waals surface area contributed by atoms with E-state index in [4.69, 9.17) is 10.8 Å². The lowest BCUT2D eigenvalue weighted by Crippen LogP contribution is -2.49. The average Bonchev–Trinajstić information content (AvgIpc) is 2.85. The minimum atomic E-state index is -1.37. The predicted octanol–water partition coefficient (Wildman–Crippen LogP) is -1.55. The van der Waals surface area contributed by atoms with Crippen molar-refractivity contribution in [3.8, 4) is 0 Å². The second-order valence-corrected chi connectivity index (χ2v) is 4.58. The number of carbonyl (C=O) groups is 4. The van der Waals surface area contributed by atoms with E-state index in [0.717, 1.165) is 0 Å². The Morgan fingerprint density at radius 3 is 2.62 bits per heavy atom. The fourth-order valence-corrected chi connectivity index (χ4v) is 1.93. The number of alkyl carbamates (subject to hydrolysis) is 1. The van der Waals surface area contributed by atoms with Crippen LogP contribution in [0.15, 0.2) is 0 Å². The lowest BCUT2D eigenvalue weighted by Gasteiger charge is -2.20. The van der Waals surface area contributed by atoms with Gasteiger partial charge < -0.3 is 31.1 Å². The van der Waals surface area contributed by atoms with Crippen molar-refractivity contribution in [1.82, 2.24) is 15.5 Å². The molecule has 0 saturated carbocycles. The molecule has 0 aromatic heterocycles. The maximum atomic E-state index is 11.9. The number of nitrogens with two attached hydrogens (primary N) is 1. The molecular formula is C11H18N4O6. The number of amides is 4. The van der Waals surface area contributed by atoms with E-state index in [-0.39, 0.29) is 12.6 Å². The van der Waals surface area contributed by atoms with Gasteiger partial charge in [-0.15, -0.1) is 0 Å². The molecule has 0 aromatic rings. The van der Waals surface area contributed by atoms with Crippen molar-refractivity contribution >= 4 is 24.0 Å². The van der Waals surface area contributed by atoms with E-state index in [0.29, 0.717) is 13.0 Å². The number of urea groups is 1. The molecule has 1 fully saturated rings. The summed E-state index contributed by atoms with van der Waals surface area (Å²) in [5.74, 6) is -2.17. The van der Waals surface area contributed by atoms with Gasteiger partial charge in [0.1, 0.15) is 6.04 Å². The number of primary amides is 1. The fraction of sp³-hybridized carbons (Fsp3) is 0.636. The van der Waals surface area contributed by atoms with E-state index in [1.807, 2.05) is 0 Å². The third-order valence-corrected chi connectivity index (χ3v) is 2.98. The highest BCUT2D eigenvalue weighted by Gasteiger charge is 2.30. The van der Waals surface area contributed by atoms with Crippen LogP contribution in [0.25, 0.3) is 0 Å². The number of nitrogens with one attached hydrogen (secondary N) is 2. The Hall–Kier alpha value is -2.52. The minimum absolute atomic E-state index is 0.226. The van der Waals surface area contributed by atoms with Crippen LogP contribution < -0.4 is 16.4 Å². The van der Waals surface area contributed by atoms with E-state index in [1.165, 1.54) is 12.0 Å². The lowest BCUT2D eigenvalue weighted by atomic mass is 10.2. The van der Waals surface area contributed by atoms with Crippen LogP contribution >= 0.6 is 0 Å². The molecule has 0 aliphatic carbocycles. The van der Waals surface area contributed by atoms with E-state index < -0.39 is 36.5 Å². The standard InChI is InChI=1S/C11H18N4O6/c1-21-11(20)13-6-2-3-15(5-6)10(19)14-7(9(17)18)4-8(12)16/h6-7H,2-5H2,1H3,(H2,12,16)(H,13,20)(H,14,19)(H,17,18). The van der Waals surface area contributed by atoms with Gasteiger partial charge in [0.05, 0.1) is 19.6 Å². The number of methoxy groups -OCH3 is 1. The van der Waals surface area contributed by atoms with Gasteiger partial charge in [0.15, 0.2) is 0 Å². The van der Waals surface area contributed by atoms with Gasteiger partial charge in [-0.2, -0.15) is 0 Å². The zero-order chi connectivity index (χ0) is 16.0. The van der Waals surface area contributed by atoms with Crippen LogP contribution in [-0.4, -0.2) is 66.3 Å². The van der Waals surface area contributed by atoms with Gasteiger partial charge in [-0.25, -0.2) is 14.4 Å². The van der Waals surface area contributed by atoms with E-state index in [2.05, 4.69) is 15.4 Å². The minimum Gasteiger partial charge on any atom is -0.480 e. The number of carbonyl (C=O) groups excluding carboxylic acids is 3. The van der Waals surface area contributed by atoms with Gasteiger partial charge in [-0.1, -0.05) is 0 Å². The molecule has 2 atom stereocenters. The molecule has 1 aliphatic rings. The molecule has 21 heavy (non-hydrogen) atoms. The monoisotopic (exact) mass is 302 g/mol. The summed E-state index contributed by atoms with van der Waals surface area (Å²) in [6, 6.07) is -2.26. The van der Waals surface area contributed by atoms with E-state index in [1.54, 1.807) is 0 Å². The first kappa shape index (κ1) is 16.5. The first-order valence-electron chi connectivity index (χ1n) is 6.24. The largest absolute Gasteiger partial charge is 0.480 e. The number of ether oxygens (including phenoxy) is 1. The van der Waals surface area contributed by atoms with Crippen molar-refractivity contribution in [2.75, 3.05) is 20.2 Å². The van der Waals surface area contributed by atoms with Crippen molar-refractivity contribution in [3.05, 3.63) is 0 Å². The van der Waals surface area contributed by atoms with Crippen LogP contribution in [0, 0.1) is 0 Å². The zero-order valence-electron chi connectivity index (χ0n) is 11.5. The number of carboxylic acid groups (broad SMARTS) is 1. The second-order valence-electron chi connectivity index (χ2n) is 4.58. The SMILES string of the molecule is COC(=O)NC1CCN(C(=O)NC(CC(N)=O)C(=O)O)C1. The molecule has 10 heteroatoms. The molecule has 118 valence electrons. The van der Waals surface area contributed by atoms with Crippen molar-refractivity contribution < 1.29 is 29.0 Å². The quantitative estimate of drug-likeness (QED) is 0.483. The molecule has 0 bridgehead atoms. The van der Waals surface area contributed by atoms with Gasteiger partial charge >= 0.3 is 18.1 Å². The van der Waals surface area contributed by atoms with Gasteiger partial charge in [0, 0.05) is 13.1 Å². The Morgan fingerprint density at radius 1 is 1.43 bits per heavy atom. The molecule has 2 unspecified atom stereocenters. The van der Waals surface area contributed by atoms with Crippen LogP contribution in [0.1, 0.15) is 12.8 Å². The number of rotatable bonds is 5. The van der Waals surface area contributed by atoms with Crippen LogP contribution in [0.3, 0.4) is 0 Å². The van der Waals surface area contributed by atoms with Gasteiger partial charge in [0.2, 0.25) is 5.91 Å². The van der Waals surface area contributed by atoms with E-state index in [9.17, 15) is 19.2 Å². The summed E-state index contributed by atoms with van der Waals surface area (Å²) in [5, 5.41) is 13.7. The summed E-state index contributed by atoms with van der Waals surface area (Å²) in [7, 11) is 1.23. The summed E-state index contributed by atoms with van der Waals surface area (Å²) in [5.41, 5.74) is 4.92. The van der Waals surface area contributed by atoms with Crippen molar-refractivity contribution in [2.45, 2.75) is 24.9 Å². The summed E-state index contributed by atoms with van der Waals surface area (Å²) < 4.78 is 4.45. The Bertz CT molecular complexity index is 440. The molecule has 4 amide bonds. The molecule has 0 spiro atoms. The highest BCUT2D eigenvalue weighted by atomic mass is 16.5. The van der Waals surface area contributed by atoms with Gasteiger partial charge in [-0.3, -0.25) is 4.79 Å². The second kappa shape index (κ2) is 7.31. The number of nitrogens with zero attached hydrogens (tertiary/aromatic N) is 1. The zero-order valence-corrected chi connectivity index (χ0v) is 11.5. The molecule has 1 heterocycles. The first-order chi connectivity index (χ1) is 9.83. The Kier molecular flexibility index (Phi) is 5.76. The Labute approximate surface area is 120 Å². The van der Waals surface area contributed by atoms with Crippen LogP contribution in [0.4, 0.5) is 9.59 Å². The van der Waals surface area contributed by atoms with Gasteiger partial charge in [0.25, 0.3) is 0 Å². The molecule has 1 saturated heterocycles. The molecular weight excluding hydrogens is 284 g/mol. The maximum absolute atomic E-state index is 11.9. The highest BCUT2D eigenvalue weighted by Crippen LogP contribution is 2.10. The number of aliphatic carboxylic acids is 1. The van der Waals surface area contributed by atoms with Gasteiger partial charge in [-0.05, 0) is 6.42 Å². The molecule has 1 aliphatic heterocycles. The lowest BCUT2D eigenvalue weighted by molar-refractivity contribution is -0.140. The van der Waals surface area contributed by atoms with Crippen LogP contribution in [0.5, 0.6) is 0 Å². The third kappa shape index (κ3) is 5.16. The molecule has 1 rings (SSSR count). The number of carboxylic acids is 1. The predicted molar refractivity (Wildman–Crippen MR) is 69.3 cm³/mol. The number of hydrogen-bond donors (Lipinski definition) is 4. The topological polar surface area (TPSA) is 151 Å². The Morgan fingerprint density at radius 2 is 2.10 bits per heavy atom. The third-order valence-electron chi connectivity index (χ3n) is 2.98. The van der Waals surface area contributed by atoms with Crippen molar-refractivity contribution in [3.63, 3.8) is 0 Å². The summed E-state index contributed by atoms with van der Waals surface area (Å²) in [6.07, 6.45) is -0.561. The van der Waals surface area contributed by atoms with Crippen LogP contribution in [0.2, 0.25) is 0 Å².